The molecule has 2 unspecified atom stereocenters. The Bertz CT molecular complexity index is 471. The van der Waals surface area contributed by atoms with Crippen LogP contribution < -0.4 is 10.6 Å². The van der Waals surface area contributed by atoms with Crippen molar-refractivity contribution in [2.24, 2.45) is 0 Å². The lowest BCUT2D eigenvalue weighted by Gasteiger charge is -2.35. The van der Waals surface area contributed by atoms with Crippen LogP contribution in [0.5, 0.6) is 5.75 Å². The number of carbonyl (C=O) groups excluding carboxylic acids is 1. The molecule has 2 aliphatic heterocycles. The highest BCUT2D eigenvalue weighted by atomic mass is 16.3. The van der Waals surface area contributed by atoms with Crippen LogP contribution in [0.2, 0.25) is 0 Å². The van der Waals surface area contributed by atoms with Crippen molar-refractivity contribution in [3.63, 3.8) is 0 Å². The normalized spacial score (nSPS) is 30.1. The zero-order chi connectivity index (χ0) is 12.6. The van der Waals surface area contributed by atoms with Crippen LogP contribution in [0.3, 0.4) is 0 Å². The van der Waals surface area contributed by atoms with Gasteiger partial charge in [-0.15, -0.1) is 0 Å². The number of nitrogens with one attached hydrogen (secondary N) is 2. The molecule has 96 valence electrons. The van der Waals surface area contributed by atoms with Gasteiger partial charge in [0.05, 0.1) is 11.2 Å². The van der Waals surface area contributed by atoms with Gasteiger partial charge >= 0.3 is 0 Å². The fraction of sp³-hybridized carbons (Fsp3) is 0.500. The van der Waals surface area contributed by atoms with Gasteiger partial charge in [0.1, 0.15) is 5.75 Å². The SMILES string of the molecule is O=C(NC12CCCC(CC1)N2)c1ccccc1O. The number of para-hydroxylation sites is 1. The van der Waals surface area contributed by atoms with Crippen LogP contribution in [0.25, 0.3) is 0 Å². The van der Waals surface area contributed by atoms with Gasteiger partial charge in [-0.05, 0) is 44.2 Å². The van der Waals surface area contributed by atoms with E-state index in [-0.39, 0.29) is 17.3 Å². The van der Waals surface area contributed by atoms with E-state index in [2.05, 4.69) is 10.6 Å². The number of benzene rings is 1. The first-order valence-electron chi connectivity index (χ1n) is 6.57. The molecule has 0 aliphatic carbocycles. The zero-order valence-corrected chi connectivity index (χ0v) is 10.3. The second-order valence-electron chi connectivity index (χ2n) is 5.33. The van der Waals surface area contributed by atoms with Gasteiger partial charge in [0.25, 0.3) is 5.91 Å². The number of amides is 1. The van der Waals surface area contributed by atoms with E-state index in [1.165, 1.54) is 6.42 Å². The van der Waals surface area contributed by atoms with E-state index in [0.717, 1.165) is 25.7 Å². The topological polar surface area (TPSA) is 61.4 Å². The van der Waals surface area contributed by atoms with Crippen LogP contribution in [0, 0.1) is 0 Å². The zero-order valence-electron chi connectivity index (χ0n) is 10.3. The van der Waals surface area contributed by atoms with Crippen molar-refractivity contribution < 1.29 is 9.90 Å². The summed E-state index contributed by atoms with van der Waals surface area (Å²) >= 11 is 0. The summed E-state index contributed by atoms with van der Waals surface area (Å²) in [6.07, 6.45) is 5.44. The van der Waals surface area contributed by atoms with E-state index in [9.17, 15) is 9.90 Å². The van der Waals surface area contributed by atoms with Gasteiger partial charge in [0.2, 0.25) is 0 Å². The Kier molecular flexibility index (Phi) is 2.74. The lowest BCUT2D eigenvalue weighted by molar-refractivity contribution is 0.0860. The maximum Gasteiger partial charge on any atom is 0.256 e. The number of hydrogen-bond acceptors (Lipinski definition) is 3. The highest BCUT2D eigenvalue weighted by Gasteiger charge is 2.42. The summed E-state index contributed by atoms with van der Waals surface area (Å²) in [6, 6.07) is 7.21. The molecule has 0 spiro atoms. The van der Waals surface area contributed by atoms with Gasteiger partial charge in [0.15, 0.2) is 0 Å². The maximum atomic E-state index is 12.2. The van der Waals surface area contributed by atoms with Crippen molar-refractivity contribution in [3.05, 3.63) is 29.8 Å². The number of piperidine rings is 1. The Morgan fingerprint density at radius 2 is 2.17 bits per heavy atom. The maximum absolute atomic E-state index is 12.2. The standard InChI is InChI=1S/C14H18N2O2/c17-12-6-2-1-5-11(12)13(18)16-14-8-3-4-10(15-14)7-9-14/h1-2,5-6,10,15,17H,3-4,7-9H2,(H,16,18). The molecule has 2 saturated heterocycles. The van der Waals surface area contributed by atoms with Crippen LogP contribution >= 0.6 is 0 Å². The molecule has 0 radical (unpaired) electrons. The van der Waals surface area contributed by atoms with Gasteiger partial charge < -0.3 is 10.4 Å². The van der Waals surface area contributed by atoms with Gasteiger partial charge in [-0.1, -0.05) is 12.1 Å². The molecule has 1 aromatic rings. The molecule has 4 heteroatoms. The molecule has 2 heterocycles. The molecule has 2 fully saturated rings. The molecule has 0 saturated carbocycles. The molecular formula is C14H18N2O2. The van der Waals surface area contributed by atoms with Crippen molar-refractivity contribution in [1.82, 2.24) is 10.6 Å². The molecular weight excluding hydrogens is 228 g/mol. The molecule has 3 rings (SSSR count). The Morgan fingerprint density at radius 3 is 3.00 bits per heavy atom. The van der Waals surface area contributed by atoms with Crippen molar-refractivity contribution in [3.8, 4) is 5.75 Å². The fourth-order valence-electron chi connectivity index (χ4n) is 3.13. The molecule has 2 bridgehead atoms. The molecule has 3 N–H and O–H groups in total. The molecule has 2 atom stereocenters. The number of hydrogen-bond donors (Lipinski definition) is 3. The second kappa shape index (κ2) is 4.28. The molecule has 4 nitrogen and oxygen atoms in total. The summed E-state index contributed by atoms with van der Waals surface area (Å²) < 4.78 is 0. The molecule has 2 aliphatic rings. The quantitative estimate of drug-likeness (QED) is 0.745. The third kappa shape index (κ3) is 1.97. The van der Waals surface area contributed by atoms with E-state index >= 15 is 0 Å². The Hall–Kier alpha value is -1.55. The van der Waals surface area contributed by atoms with Crippen molar-refractivity contribution in [2.75, 3.05) is 0 Å². The van der Waals surface area contributed by atoms with Crippen LogP contribution in [0.1, 0.15) is 42.5 Å². The summed E-state index contributed by atoms with van der Waals surface area (Å²) in [5.74, 6) is -0.153. The molecule has 0 aromatic heterocycles. The van der Waals surface area contributed by atoms with Gasteiger partial charge in [-0.2, -0.15) is 0 Å². The van der Waals surface area contributed by atoms with E-state index in [1.54, 1.807) is 24.3 Å². The summed E-state index contributed by atoms with van der Waals surface area (Å²) in [5, 5.41) is 16.3. The minimum atomic E-state index is -0.248. The first-order valence-corrected chi connectivity index (χ1v) is 6.57. The highest BCUT2D eigenvalue weighted by Crippen LogP contribution is 2.34. The Balaban J connectivity index is 1.77. The van der Waals surface area contributed by atoms with Crippen LogP contribution in [0.4, 0.5) is 0 Å². The summed E-state index contributed by atoms with van der Waals surface area (Å²) in [6.45, 7) is 0. The molecule has 1 amide bonds. The second-order valence-corrected chi connectivity index (χ2v) is 5.33. The van der Waals surface area contributed by atoms with Gasteiger partial charge in [-0.25, -0.2) is 0 Å². The smallest absolute Gasteiger partial charge is 0.256 e. The number of fused-ring (bicyclic) bond motifs is 2. The number of rotatable bonds is 2. The van der Waals surface area contributed by atoms with E-state index in [1.807, 2.05) is 0 Å². The van der Waals surface area contributed by atoms with Crippen LogP contribution in [-0.2, 0) is 0 Å². The van der Waals surface area contributed by atoms with Gasteiger partial charge in [-0.3, -0.25) is 10.1 Å². The van der Waals surface area contributed by atoms with E-state index in [4.69, 9.17) is 0 Å². The van der Waals surface area contributed by atoms with Gasteiger partial charge in [0, 0.05) is 6.04 Å². The average Bonchev–Trinajstić information content (AvgIpc) is 2.65. The predicted molar refractivity (Wildman–Crippen MR) is 68.3 cm³/mol. The number of phenols is 1. The van der Waals surface area contributed by atoms with Crippen LogP contribution in [-0.4, -0.2) is 22.7 Å². The fourth-order valence-corrected chi connectivity index (χ4v) is 3.13. The van der Waals surface area contributed by atoms with E-state index < -0.39 is 0 Å². The highest BCUT2D eigenvalue weighted by molar-refractivity contribution is 5.97. The van der Waals surface area contributed by atoms with Crippen LogP contribution in [0.15, 0.2) is 24.3 Å². The Labute approximate surface area is 106 Å². The van der Waals surface area contributed by atoms with Crippen molar-refractivity contribution in [1.29, 1.82) is 0 Å². The van der Waals surface area contributed by atoms with E-state index in [0.29, 0.717) is 11.6 Å². The Morgan fingerprint density at radius 1 is 1.33 bits per heavy atom. The first kappa shape index (κ1) is 11.5. The van der Waals surface area contributed by atoms with Crippen molar-refractivity contribution in [2.45, 2.75) is 43.8 Å². The summed E-state index contributed by atoms with van der Waals surface area (Å²) in [7, 11) is 0. The average molecular weight is 246 g/mol. The molecule has 1 aromatic carbocycles. The van der Waals surface area contributed by atoms with Crippen molar-refractivity contribution >= 4 is 5.91 Å². The summed E-state index contributed by atoms with van der Waals surface area (Å²) in [4.78, 5) is 12.2. The number of phenolic OH excluding ortho intramolecular Hbond substituents is 1. The monoisotopic (exact) mass is 246 g/mol. The number of aromatic hydroxyl groups is 1. The number of carbonyl (C=O) groups is 1. The first-order chi connectivity index (χ1) is 8.69. The lowest BCUT2D eigenvalue weighted by atomic mass is 9.99. The predicted octanol–water partition coefficient (Wildman–Crippen LogP) is 1.75. The minimum Gasteiger partial charge on any atom is -0.507 e. The molecule has 18 heavy (non-hydrogen) atoms. The minimum absolute atomic E-state index is 0.0387. The third-order valence-electron chi connectivity index (χ3n) is 4.06. The lowest BCUT2D eigenvalue weighted by Crippen LogP contribution is -2.58. The third-order valence-corrected chi connectivity index (χ3v) is 4.06. The largest absolute Gasteiger partial charge is 0.507 e. The summed E-state index contributed by atoms with van der Waals surface area (Å²) in [5.41, 5.74) is 0.102.